The maximum absolute atomic E-state index is 4.76. The van der Waals surface area contributed by atoms with E-state index in [-0.39, 0.29) is 0 Å². The summed E-state index contributed by atoms with van der Waals surface area (Å²) in [5.74, 6) is 2.06. The molecule has 1 aliphatic rings. The molecule has 0 saturated heterocycles. The predicted molar refractivity (Wildman–Crippen MR) is 69.0 cm³/mol. The van der Waals surface area contributed by atoms with Gasteiger partial charge in [0, 0.05) is 25.6 Å². The lowest BCUT2D eigenvalue weighted by atomic mass is 10.0. The van der Waals surface area contributed by atoms with Gasteiger partial charge in [-0.3, -0.25) is 0 Å². The van der Waals surface area contributed by atoms with Crippen molar-refractivity contribution in [1.82, 2.24) is 9.55 Å². The fourth-order valence-corrected chi connectivity index (χ4v) is 2.53. The van der Waals surface area contributed by atoms with Crippen molar-refractivity contribution in [3.05, 3.63) is 53.6 Å². The molecule has 2 nitrogen and oxygen atoms in total. The van der Waals surface area contributed by atoms with Gasteiger partial charge in [-0.1, -0.05) is 37.3 Å². The van der Waals surface area contributed by atoms with Gasteiger partial charge in [0.25, 0.3) is 0 Å². The minimum absolute atomic E-state index is 0.787. The van der Waals surface area contributed by atoms with Crippen LogP contribution in [-0.2, 0) is 19.4 Å². The average molecular weight is 226 g/mol. The maximum Gasteiger partial charge on any atom is 0.109 e. The van der Waals surface area contributed by atoms with Crippen molar-refractivity contribution < 1.29 is 0 Å². The van der Waals surface area contributed by atoms with Crippen molar-refractivity contribution in [2.75, 3.05) is 0 Å². The summed E-state index contributed by atoms with van der Waals surface area (Å²) in [4.78, 5) is 4.76. The molecule has 2 heteroatoms. The first kappa shape index (κ1) is 10.6. The molecule has 1 atom stereocenters. The van der Waals surface area contributed by atoms with Crippen LogP contribution < -0.4 is 0 Å². The third-order valence-electron chi connectivity index (χ3n) is 3.53. The number of hydrogen-bond acceptors (Lipinski definition) is 1. The van der Waals surface area contributed by atoms with Gasteiger partial charge in [-0.25, -0.2) is 4.98 Å². The first-order chi connectivity index (χ1) is 8.31. The molecule has 1 aromatic carbocycles. The molecule has 1 unspecified atom stereocenters. The number of benzene rings is 1. The van der Waals surface area contributed by atoms with Crippen LogP contribution in [0.3, 0.4) is 0 Å². The van der Waals surface area contributed by atoms with Crippen LogP contribution >= 0.6 is 0 Å². The van der Waals surface area contributed by atoms with Gasteiger partial charge >= 0.3 is 0 Å². The Morgan fingerprint density at radius 3 is 2.94 bits per heavy atom. The Labute approximate surface area is 102 Å². The quantitative estimate of drug-likeness (QED) is 0.769. The molecular formula is C15H18N2. The fourth-order valence-electron chi connectivity index (χ4n) is 2.53. The van der Waals surface area contributed by atoms with Crippen molar-refractivity contribution in [3.63, 3.8) is 0 Å². The minimum atomic E-state index is 0.787. The molecule has 88 valence electrons. The summed E-state index contributed by atoms with van der Waals surface area (Å²) in [6, 6.07) is 10.6. The zero-order valence-corrected chi connectivity index (χ0v) is 10.3. The summed E-state index contributed by atoms with van der Waals surface area (Å²) in [6.45, 7) is 3.45. The van der Waals surface area contributed by atoms with Crippen LogP contribution in [0.4, 0.5) is 0 Å². The van der Waals surface area contributed by atoms with Crippen LogP contribution in [0.2, 0.25) is 0 Å². The van der Waals surface area contributed by atoms with Crippen LogP contribution in [-0.4, -0.2) is 9.55 Å². The number of imidazole rings is 1. The number of aryl methyl sites for hydroxylation is 1. The number of aromatic nitrogens is 2. The van der Waals surface area contributed by atoms with Gasteiger partial charge in [-0.15, -0.1) is 0 Å². The van der Waals surface area contributed by atoms with E-state index in [1.54, 1.807) is 0 Å². The monoisotopic (exact) mass is 226 g/mol. The molecule has 17 heavy (non-hydrogen) atoms. The van der Waals surface area contributed by atoms with Gasteiger partial charge in [-0.05, 0) is 17.9 Å². The first-order valence-corrected chi connectivity index (χ1v) is 6.40. The van der Waals surface area contributed by atoms with Gasteiger partial charge in [-0.2, -0.15) is 0 Å². The van der Waals surface area contributed by atoms with Gasteiger partial charge in [0.1, 0.15) is 5.82 Å². The summed E-state index contributed by atoms with van der Waals surface area (Å²) in [7, 11) is 0. The molecule has 0 amide bonds. The second-order valence-electron chi connectivity index (χ2n) is 5.10. The van der Waals surface area contributed by atoms with Crippen molar-refractivity contribution >= 4 is 0 Å². The van der Waals surface area contributed by atoms with E-state index >= 15 is 0 Å². The molecule has 0 saturated carbocycles. The van der Waals surface area contributed by atoms with Crippen LogP contribution in [0.25, 0.3) is 0 Å². The Morgan fingerprint density at radius 2 is 2.12 bits per heavy atom. The molecule has 0 spiro atoms. The van der Waals surface area contributed by atoms with Crippen molar-refractivity contribution in [3.8, 4) is 0 Å². The molecule has 0 radical (unpaired) electrons. The maximum atomic E-state index is 4.76. The fraction of sp³-hybridized carbons (Fsp3) is 0.400. The number of nitrogens with zero attached hydrogens (tertiary/aromatic N) is 2. The van der Waals surface area contributed by atoms with Crippen LogP contribution in [0.5, 0.6) is 0 Å². The van der Waals surface area contributed by atoms with E-state index in [0.717, 1.165) is 25.3 Å². The summed E-state index contributed by atoms with van der Waals surface area (Å²) in [6.07, 6.45) is 5.60. The highest BCUT2D eigenvalue weighted by molar-refractivity contribution is 5.21. The van der Waals surface area contributed by atoms with Crippen LogP contribution in [0, 0.1) is 5.92 Å². The number of rotatable bonds is 2. The Kier molecular flexibility index (Phi) is 2.71. The van der Waals surface area contributed by atoms with E-state index in [4.69, 9.17) is 4.98 Å². The predicted octanol–water partition coefficient (Wildman–Crippen LogP) is 3.06. The highest BCUT2D eigenvalue weighted by Gasteiger charge is 2.17. The Hall–Kier alpha value is -1.57. The highest BCUT2D eigenvalue weighted by Crippen LogP contribution is 2.20. The third-order valence-corrected chi connectivity index (χ3v) is 3.53. The lowest BCUT2D eigenvalue weighted by molar-refractivity contribution is 0.409. The van der Waals surface area contributed by atoms with Gasteiger partial charge in [0.15, 0.2) is 0 Å². The zero-order chi connectivity index (χ0) is 11.7. The normalized spacial score (nSPS) is 19.0. The van der Waals surface area contributed by atoms with E-state index in [1.165, 1.54) is 23.5 Å². The number of fused-ring (bicyclic) bond motifs is 1. The molecule has 0 bridgehead atoms. The lowest BCUT2D eigenvalue weighted by Gasteiger charge is -2.18. The second-order valence-corrected chi connectivity index (χ2v) is 5.10. The SMILES string of the molecule is CC1CCn2cc(Cc3ccccc3)nc2C1. The molecule has 0 fully saturated rings. The molecule has 1 aromatic heterocycles. The lowest BCUT2D eigenvalue weighted by Crippen LogP contribution is -2.16. The highest BCUT2D eigenvalue weighted by atomic mass is 15.1. The van der Waals surface area contributed by atoms with E-state index in [2.05, 4.69) is 48.0 Å². The van der Waals surface area contributed by atoms with Gasteiger partial charge in [0.2, 0.25) is 0 Å². The van der Waals surface area contributed by atoms with Crippen molar-refractivity contribution in [2.24, 2.45) is 5.92 Å². The molecule has 0 aliphatic carbocycles. The largest absolute Gasteiger partial charge is 0.335 e. The smallest absolute Gasteiger partial charge is 0.109 e. The molecule has 0 N–H and O–H groups in total. The molecule has 2 aromatic rings. The average Bonchev–Trinajstić information content (AvgIpc) is 2.71. The second kappa shape index (κ2) is 4.36. The number of hydrogen-bond donors (Lipinski definition) is 0. The minimum Gasteiger partial charge on any atom is -0.335 e. The summed E-state index contributed by atoms with van der Waals surface area (Å²) < 4.78 is 2.33. The zero-order valence-electron chi connectivity index (χ0n) is 10.3. The third kappa shape index (κ3) is 2.26. The topological polar surface area (TPSA) is 17.8 Å². The van der Waals surface area contributed by atoms with E-state index in [0.29, 0.717) is 0 Å². The van der Waals surface area contributed by atoms with Gasteiger partial charge in [0.05, 0.1) is 5.69 Å². The summed E-state index contributed by atoms with van der Waals surface area (Å²) >= 11 is 0. The molecule has 2 heterocycles. The molecule has 3 rings (SSSR count). The first-order valence-electron chi connectivity index (χ1n) is 6.40. The summed E-state index contributed by atoms with van der Waals surface area (Å²) in [5, 5.41) is 0. The Balaban J connectivity index is 1.81. The Morgan fingerprint density at radius 1 is 1.29 bits per heavy atom. The van der Waals surface area contributed by atoms with Crippen molar-refractivity contribution in [2.45, 2.75) is 32.7 Å². The van der Waals surface area contributed by atoms with E-state index < -0.39 is 0 Å². The van der Waals surface area contributed by atoms with Crippen molar-refractivity contribution in [1.29, 1.82) is 0 Å². The van der Waals surface area contributed by atoms with E-state index in [9.17, 15) is 0 Å². The van der Waals surface area contributed by atoms with Gasteiger partial charge < -0.3 is 4.57 Å². The molecular weight excluding hydrogens is 208 g/mol. The van der Waals surface area contributed by atoms with E-state index in [1.807, 2.05) is 0 Å². The Bertz CT molecular complexity index is 499. The standard InChI is InChI=1S/C15H18N2/c1-12-7-8-17-11-14(16-15(17)9-12)10-13-5-3-2-4-6-13/h2-6,11-12H,7-10H2,1H3. The van der Waals surface area contributed by atoms with Crippen LogP contribution in [0.15, 0.2) is 36.5 Å². The van der Waals surface area contributed by atoms with Crippen LogP contribution in [0.1, 0.15) is 30.4 Å². The summed E-state index contributed by atoms with van der Waals surface area (Å²) in [5.41, 5.74) is 2.55. The molecule has 1 aliphatic heterocycles.